The first kappa shape index (κ1) is 16.1. The van der Waals surface area contributed by atoms with Gasteiger partial charge in [0.15, 0.2) is 0 Å². The maximum absolute atomic E-state index is 13.0. The van der Waals surface area contributed by atoms with E-state index in [4.69, 9.17) is 5.10 Å². The van der Waals surface area contributed by atoms with Gasteiger partial charge in [0.25, 0.3) is 5.91 Å². The molecule has 0 N–H and O–H groups in total. The molecular weight excluding hydrogens is 310 g/mol. The number of allylic oxidation sites excluding steroid dienone is 2. The van der Waals surface area contributed by atoms with Crippen molar-refractivity contribution in [1.29, 1.82) is 0 Å². The van der Waals surface area contributed by atoms with Gasteiger partial charge < -0.3 is 4.90 Å². The fraction of sp³-hybridized carbons (Fsp3) is 0.429. The zero-order chi connectivity index (χ0) is 17.4. The highest BCUT2D eigenvalue weighted by Gasteiger charge is 2.34. The number of rotatable bonds is 3. The molecule has 0 saturated carbocycles. The van der Waals surface area contributed by atoms with Crippen molar-refractivity contribution in [3.63, 3.8) is 0 Å². The number of aryl methyl sites for hydroxylation is 2. The molecule has 25 heavy (non-hydrogen) atoms. The van der Waals surface area contributed by atoms with Crippen LogP contribution in [0.3, 0.4) is 0 Å². The first-order valence-electron chi connectivity index (χ1n) is 9.26. The highest BCUT2D eigenvalue weighted by atomic mass is 16.2. The molecule has 0 bridgehead atoms. The molecule has 0 spiro atoms. The average Bonchev–Trinajstić information content (AvgIpc) is 3.21. The predicted molar refractivity (Wildman–Crippen MR) is 101 cm³/mol. The maximum Gasteiger partial charge on any atom is 0.251 e. The van der Waals surface area contributed by atoms with Crippen molar-refractivity contribution in [3.05, 3.63) is 53.4 Å². The largest absolute Gasteiger partial charge is 0.310 e. The SMILES string of the molecule is Cc1cc(C)cc(N2CCC(n3ccc(C4=CCCCC4)n3)C2=O)c1. The molecule has 1 aromatic heterocycles. The van der Waals surface area contributed by atoms with Crippen molar-refractivity contribution < 1.29 is 4.79 Å². The zero-order valence-corrected chi connectivity index (χ0v) is 15.0. The summed E-state index contributed by atoms with van der Waals surface area (Å²) in [5, 5.41) is 4.73. The molecule has 2 aromatic rings. The van der Waals surface area contributed by atoms with Crippen molar-refractivity contribution in [1.82, 2.24) is 9.78 Å². The highest BCUT2D eigenvalue weighted by molar-refractivity contribution is 5.98. The summed E-state index contributed by atoms with van der Waals surface area (Å²) in [6.45, 7) is 4.91. The lowest BCUT2D eigenvalue weighted by Crippen LogP contribution is -2.28. The molecule has 1 fully saturated rings. The van der Waals surface area contributed by atoms with Gasteiger partial charge in [-0.2, -0.15) is 5.10 Å². The minimum absolute atomic E-state index is 0.150. The normalized spacial score (nSPS) is 20.9. The highest BCUT2D eigenvalue weighted by Crippen LogP contribution is 2.31. The second-order valence-electron chi connectivity index (χ2n) is 7.30. The van der Waals surface area contributed by atoms with E-state index >= 15 is 0 Å². The first-order valence-corrected chi connectivity index (χ1v) is 9.26. The van der Waals surface area contributed by atoms with Gasteiger partial charge in [0.1, 0.15) is 6.04 Å². The van der Waals surface area contributed by atoms with Crippen molar-refractivity contribution in [2.75, 3.05) is 11.4 Å². The van der Waals surface area contributed by atoms with Crippen LogP contribution in [0.1, 0.15) is 55.0 Å². The molecule has 2 aliphatic rings. The van der Waals surface area contributed by atoms with Gasteiger partial charge in [-0.05, 0) is 80.9 Å². The van der Waals surface area contributed by atoms with Crippen LogP contribution >= 0.6 is 0 Å². The fourth-order valence-electron chi connectivity index (χ4n) is 4.03. The molecular formula is C21H25N3O. The molecule has 4 heteroatoms. The Morgan fingerprint density at radius 1 is 1.12 bits per heavy atom. The lowest BCUT2D eigenvalue weighted by molar-refractivity contribution is -0.120. The summed E-state index contributed by atoms with van der Waals surface area (Å²) in [4.78, 5) is 14.9. The van der Waals surface area contributed by atoms with Gasteiger partial charge in [-0.3, -0.25) is 9.48 Å². The number of aromatic nitrogens is 2. The number of hydrogen-bond acceptors (Lipinski definition) is 2. The van der Waals surface area contributed by atoms with Crippen LogP contribution in [0.25, 0.3) is 5.57 Å². The lowest BCUT2D eigenvalue weighted by Gasteiger charge is -2.18. The third kappa shape index (κ3) is 3.13. The van der Waals surface area contributed by atoms with Crippen LogP contribution in [0, 0.1) is 13.8 Å². The topological polar surface area (TPSA) is 38.1 Å². The minimum Gasteiger partial charge on any atom is -0.310 e. The van der Waals surface area contributed by atoms with Gasteiger partial charge in [-0.15, -0.1) is 0 Å². The molecule has 130 valence electrons. The minimum atomic E-state index is -0.182. The maximum atomic E-state index is 13.0. The number of hydrogen-bond donors (Lipinski definition) is 0. The van der Waals surface area contributed by atoms with Crippen LogP contribution in [-0.2, 0) is 4.79 Å². The van der Waals surface area contributed by atoms with Gasteiger partial charge in [-0.25, -0.2) is 0 Å². The number of anilines is 1. The molecule has 1 aliphatic carbocycles. The van der Waals surface area contributed by atoms with Crippen LogP contribution in [0.2, 0.25) is 0 Å². The van der Waals surface area contributed by atoms with Gasteiger partial charge in [0, 0.05) is 18.4 Å². The second-order valence-corrected chi connectivity index (χ2v) is 7.30. The Morgan fingerprint density at radius 3 is 2.64 bits per heavy atom. The van der Waals surface area contributed by atoms with Crippen molar-refractivity contribution >= 4 is 17.2 Å². The van der Waals surface area contributed by atoms with E-state index in [1.165, 1.54) is 29.5 Å². The number of nitrogens with zero attached hydrogens (tertiary/aromatic N) is 3. The molecule has 1 unspecified atom stereocenters. The van der Waals surface area contributed by atoms with Crippen LogP contribution < -0.4 is 4.90 Å². The fourth-order valence-corrected chi connectivity index (χ4v) is 4.03. The Balaban J connectivity index is 1.56. The molecule has 1 aliphatic heterocycles. The lowest BCUT2D eigenvalue weighted by atomic mass is 9.97. The summed E-state index contributed by atoms with van der Waals surface area (Å²) in [7, 11) is 0. The predicted octanol–water partition coefficient (Wildman–Crippen LogP) is 4.44. The van der Waals surface area contributed by atoms with Crippen LogP contribution in [0.15, 0.2) is 36.5 Å². The van der Waals surface area contributed by atoms with Crippen LogP contribution in [0.4, 0.5) is 5.69 Å². The van der Waals surface area contributed by atoms with E-state index in [-0.39, 0.29) is 11.9 Å². The van der Waals surface area contributed by atoms with Crippen molar-refractivity contribution in [2.45, 2.75) is 52.0 Å². The Morgan fingerprint density at radius 2 is 1.92 bits per heavy atom. The van der Waals surface area contributed by atoms with E-state index in [2.05, 4.69) is 44.2 Å². The Bertz CT molecular complexity index is 813. The number of carbonyl (C=O) groups is 1. The van der Waals surface area contributed by atoms with E-state index in [0.29, 0.717) is 0 Å². The smallest absolute Gasteiger partial charge is 0.251 e. The molecule has 1 atom stereocenters. The van der Waals surface area contributed by atoms with Gasteiger partial charge in [0.05, 0.1) is 5.69 Å². The molecule has 0 radical (unpaired) electrons. The van der Waals surface area contributed by atoms with E-state index in [0.717, 1.165) is 37.2 Å². The van der Waals surface area contributed by atoms with Crippen molar-refractivity contribution in [3.8, 4) is 0 Å². The zero-order valence-electron chi connectivity index (χ0n) is 15.0. The van der Waals surface area contributed by atoms with E-state index in [9.17, 15) is 4.79 Å². The summed E-state index contributed by atoms with van der Waals surface area (Å²) in [5.41, 5.74) is 5.76. The average molecular weight is 335 g/mol. The molecule has 1 amide bonds. The summed E-state index contributed by atoms with van der Waals surface area (Å²) >= 11 is 0. The van der Waals surface area contributed by atoms with E-state index in [1.807, 2.05) is 15.8 Å². The molecule has 4 rings (SSSR count). The number of benzene rings is 1. The molecule has 1 aromatic carbocycles. The van der Waals surface area contributed by atoms with Crippen molar-refractivity contribution in [2.24, 2.45) is 0 Å². The van der Waals surface area contributed by atoms with Gasteiger partial charge >= 0.3 is 0 Å². The standard InChI is InChI=1S/C21H25N3O/c1-15-12-16(2)14-18(13-15)23-10-9-20(21(23)25)24-11-8-19(22-24)17-6-4-3-5-7-17/h6,8,11-14,20H,3-5,7,9-10H2,1-2H3. The third-order valence-corrected chi connectivity index (χ3v) is 5.24. The van der Waals surface area contributed by atoms with Gasteiger partial charge in [-0.1, -0.05) is 12.1 Å². The third-order valence-electron chi connectivity index (χ3n) is 5.24. The summed E-state index contributed by atoms with van der Waals surface area (Å²) in [6, 6.07) is 8.20. The van der Waals surface area contributed by atoms with Crippen LogP contribution in [-0.4, -0.2) is 22.2 Å². The summed E-state index contributed by atoms with van der Waals surface area (Å²) in [6.07, 6.45) is 9.84. The van der Waals surface area contributed by atoms with Crippen LogP contribution in [0.5, 0.6) is 0 Å². The molecule has 4 nitrogen and oxygen atoms in total. The number of carbonyl (C=O) groups excluding carboxylic acids is 1. The Labute approximate surface area is 149 Å². The second kappa shape index (κ2) is 6.51. The Kier molecular flexibility index (Phi) is 4.20. The quantitative estimate of drug-likeness (QED) is 0.832. The Hall–Kier alpha value is -2.36. The van der Waals surface area contributed by atoms with Gasteiger partial charge in [0.2, 0.25) is 0 Å². The van der Waals surface area contributed by atoms with E-state index < -0.39 is 0 Å². The van der Waals surface area contributed by atoms with E-state index in [1.54, 1.807) is 0 Å². The monoisotopic (exact) mass is 335 g/mol. The summed E-state index contributed by atoms with van der Waals surface area (Å²) < 4.78 is 1.87. The number of amides is 1. The first-order chi connectivity index (χ1) is 12.1. The molecule has 2 heterocycles. The molecule has 1 saturated heterocycles. The summed E-state index contributed by atoms with van der Waals surface area (Å²) in [5.74, 6) is 0.150.